The van der Waals surface area contributed by atoms with Gasteiger partial charge in [-0.1, -0.05) is 24.3 Å². The summed E-state index contributed by atoms with van der Waals surface area (Å²) >= 11 is 0. The number of hydrogen-bond acceptors (Lipinski definition) is 5. The minimum Gasteiger partial charge on any atom is -0.489 e. The van der Waals surface area contributed by atoms with E-state index in [9.17, 15) is 9.59 Å². The van der Waals surface area contributed by atoms with E-state index >= 15 is 0 Å². The fourth-order valence-electron chi connectivity index (χ4n) is 2.90. The van der Waals surface area contributed by atoms with Crippen LogP contribution in [-0.2, 0) is 29.2 Å². The van der Waals surface area contributed by atoms with E-state index in [1.54, 1.807) is 31.5 Å². The highest BCUT2D eigenvalue weighted by molar-refractivity contribution is 5.89. The van der Waals surface area contributed by atoms with E-state index in [2.05, 4.69) is 4.98 Å². The monoisotopic (exact) mass is 403 g/mol. The predicted octanol–water partition coefficient (Wildman–Crippen LogP) is 4.85. The lowest BCUT2D eigenvalue weighted by molar-refractivity contribution is -0.116. The van der Waals surface area contributed by atoms with Gasteiger partial charge >= 0.3 is 5.97 Å². The van der Waals surface area contributed by atoms with Gasteiger partial charge < -0.3 is 14.3 Å². The van der Waals surface area contributed by atoms with Crippen LogP contribution in [0.1, 0.15) is 46.0 Å². The van der Waals surface area contributed by atoms with Crippen LogP contribution in [-0.4, -0.2) is 16.7 Å². The fourth-order valence-corrected chi connectivity index (χ4v) is 2.90. The molecular formula is C25H25NO4. The summed E-state index contributed by atoms with van der Waals surface area (Å²) in [4.78, 5) is 27.5. The Hall–Kier alpha value is -3.47. The summed E-state index contributed by atoms with van der Waals surface area (Å²) < 4.78 is 11.2. The predicted molar refractivity (Wildman–Crippen MR) is 114 cm³/mol. The molecule has 0 fully saturated rings. The van der Waals surface area contributed by atoms with E-state index < -0.39 is 0 Å². The van der Waals surface area contributed by atoms with Crippen LogP contribution in [0.25, 0.3) is 0 Å². The molecule has 0 amide bonds. The minimum absolute atomic E-state index is 0.185. The van der Waals surface area contributed by atoms with Crippen molar-refractivity contribution in [3.05, 3.63) is 94.8 Å². The maximum atomic E-state index is 12.4. The van der Waals surface area contributed by atoms with Crippen molar-refractivity contribution in [2.75, 3.05) is 0 Å². The van der Waals surface area contributed by atoms with Gasteiger partial charge in [0.2, 0.25) is 0 Å². The number of benzene rings is 2. The number of carbonyl (C=O) groups is 2. The van der Waals surface area contributed by atoms with Gasteiger partial charge in [-0.15, -0.1) is 0 Å². The highest BCUT2D eigenvalue weighted by atomic mass is 16.5. The Morgan fingerprint density at radius 3 is 2.50 bits per heavy atom. The normalized spacial score (nSPS) is 10.5. The largest absolute Gasteiger partial charge is 0.489 e. The molecule has 1 heterocycles. The smallest absolute Gasteiger partial charge is 0.338 e. The first-order valence-electron chi connectivity index (χ1n) is 9.88. The summed E-state index contributed by atoms with van der Waals surface area (Å²) in [6, 6.07) is 16.8. The zero-order valence-electron chi connectivity index (χ0n) is 17.3. The lowest BCUT2D eigenvalue weighted by Crippen LogP contribution is -2.07. The summed E-state index contributed by atoms with van der Waals surface area (Å²) in [7, 11) is 0. The van der Waals surface area contributed by atoms with Gasteiger partial charge in [0.25, 0.3) is 0 Å². The number of hydrogen-bond donors (Lipinski definition) is 0. The van der Waals surface area contributed by atoms with Gasteiger partial charge in [0, 0.05) is 24.4 Å². The molecule has 5 heteroatoms. The molecule has 0 saturated carbocycles. The highest BCUT2D eigenvalue weighted by Gasteiger charge is 2.10. The van der Waals surface area contributed by atoms with Crippen molar-refractivity contribution in [2.45, 2.75) is 39.9 Å². The highest BCUT2D eigenvalue weighted by Crippen LogP contribution is 2.17. The molecular weight excluding hydrogens is 378 g/mol. The summed E-state index contributed by atoms with van der Waals surface area (Å²) in [5.74, 6) is 0.542. The van der Waals surface area contributed by atoms with Crippen LogP contribution in [0.15, 0.2) is 67.0 Å². The van der Waals surface area contributed by atoms with Gasteiger partial charge in [0.05, 0.1) is 5.56 Å². The molecule has 1 aromatic heterocycles. The number of pyridine rings is 1. The maximum Gasteiger partial charge on any atom is 0.338 e. The van der Waals surface area contributed by atoms with E-state index in [4.69, 9.17) is 9.47 Å². The second kappa shape index (κ2) is 10.3. The topological polar surface area (TPSA) is 65.5 Å². The van der Waals surface area contributed by atoms with E-state index in [1.807, 2.05) is 49.4 Å². The Morgan fingerprint density at radius 2 is 1.77 bits per heavy atom. The zero-order valence-corrected chi connectivity index (χ0v) is 17.3. The molecule has 0 atom stereocenters. The first-order chi connectivity index (χ1) is 14.5. The van der Waals surface area contributed by atoms with Gasteiger partial charge in [-0.3, -0.25) is 4.98 Å². The Balaban J connectivity index is 1.54. The molecule has 0 radical (unpaired) electrons. The van der Waals surface area contributed by atoms with Gasteiger partial charge in [0.1, 0.15) is 24.7 Å². The fraction of sp³-hybridized carbons (Fsp3) is 0.240. The van der Waals surface area contributed by atoms with Crippen molar-refractivity contribution in [1.29, 1.82) is 0 Å². The number of carbonyl (C=O) groups excluding carboxylic acids is 2. The standard InChI is InChI=1S/C25H25NO4/c1-18-12-13-26-15-23(18)17-30-25(28)22-5-3-4-21(14-22)16-29-24-10-8-20(9-11-24)7-6-19(2)27/h3-5,8-15H,6-7,16-17H2,1-2H3. The lowest BCUT2D eigenvalue weighted by Gasteiger charge is -2.10. The first kappa shape index (κ1) is 21.2. The van der Waals surface area contributed by atoms with Crippen LogP contribution in [0.2, 0.25) is 0 Å². The van der Waals surface area contributed by atoms with E-state index in [0.29, 0.717) is 18.6 Å². The molecule has 0 unspecified atom stereocenters. The number of aromatic nitrogens is 1. The number of aryl methyl sites for hydroxylation is 2. The average Bonchev–Trinajstić information content (AvgIpc) is 2.76. The molecule has 5 nitrogen and oxygen atoms in total. The molecule has 0 aliphatic heterocycles. The molecule has 154 valence electrons. The number of ketones is 1. The number of Topliss-reactive ketones (excluding diaryl/α,β-unsaturated/α-hetero) is 1. The Labute approximate surface area is 176 Å². The molecule has 0 aliphatic rings. The van der Waals surface area contributed by atoms with Gasteiger partial charge in [-0.05, 0) is 67.3 Å². The molecule has 3 rings (SSSR count). The third-order valence-electron chi connectivity index (χ3n) is 4.76. The molecule has 0 N–H and O–H groups in total. The quantitative estimate of drug-likeness (QED) is 0.478. The van der Waals surface area contributed by atoms with Gasteiger partial charge in [-0.2, -0.15) is 0 Å². The van der Waals surface area contributed by atoms with Crippen molar-refractivity contribution >= 4 is 11.8 Å². The van der Waals surface area contributed by atoms with Crippen molar-refractivity contribution in [2.24, 2.45) is 0 Å². The summed E-state index contributed by atoms with van der Waals surface area (Å²) in [6.07, 6.45) is 4.70. The van der Waals surface area contributed by atoms with E-state index in [-0.39, 0.29) is 18.4 Å². The Bertz CT molecular complexity index is 1010. The van der Waals surface area contributed by atoms with Crippen LogP contribution < -0.4 is 4.74 Å². The SMILES string of the molecule is CC(=O)CCc1ccc(OCc2cccc(C(=O)OCc3cnccc3C)c2)cc1. The lowest BCUT2D eigenvalue weighted by atomic mass is 10.1. The minimum atomic E-state index is -0.380. The number of nitrogens with zero attached hydrogens (tertiary/aromatic N) is 1. The zero-order chi connectivity index (χ0) is 21.3. The van der Waals surface area contributed by atoms with Crippen molar-refractivity contribution in [3.63, 3.8) is 0 Å². The van der Waals surface area contributed by atoms with Gasteiger partial charge in [0.15, 0.2) is 0 Å². The molecule has 0 bridgehead atoms. The van der Waals surface area contributed by atoms with Crippen molar-refractivity contribution in [1.82, 2.24) is 4.98 Å². The average molecular weight is 403 g/mol. The van der Waals surface area contributed by atoms with Crippen LogP contribution >= 0.6 is 0 Å². The molecule has 0 aliphatic carbocycles. The summed E-state index contributed by atoms with van der Waals surface area (Å²) in [5, 5.41) is 0. The second-order valence-electron chi connectivity index (χ2n) is 7.21. The Morgan fingerprint density at radius 1 is 0.967 bits per heavy atom. The summed E-state index contributed by atoms with van der Waals surface area (Å²) in [6.45, 7) is 4.09. The van der Waals surface area contributed by atoms with Crippen LogP contribution in [0.3, 0.4) is 0 Å². The van der Waals surface area contributed by atoms with E-state index in [1.165, 1.54) is 0 Å². The first-order valence-corrected chi connectivity index (χ1v) is 9.88. The van der Waals surface area contributed by atoms with Crippen LogP contribution in [0, 0.1) is 6.92 Å². The molecule has 30 heavy (non-hydrogen) atoms. The number of rotatable bonds is 9. The van der Waals surface area contributed by atoms with Crippen LogP contribution in [0.5, 0.6) is 5.75 Å². The molecule has 0 saturated heterocycles. The number of esters is 1. The van der Waals surface area contributed by atoms with E-state index in [0.717, 1.165) is 34.4 Å². The van der Waals surface area contributed by atoms with Crippen molar-refractivity contribution < 1.29 is 19.1 Å². The second-order valence-corrected chi connectivity index (χ2v) is 7.21. The third kappa shape index (κ3) is 6.27. The molecule has 3 aromatic rings. The molecule has 0 spiro atoms. The Kier molecular flexibility index (Phi) is 7.33. The third-order valence-corrected chi connectivity index (χ3v) is 4.76. The maximum absolute atomic E-state index is 12.4. The summed E-state index contributed by atoms with van der Waals surface area (Å²) in [5.41, 5.74) is 4.38. The molecule has 2 aromatic carbocycles. The van der Waals surface area contributed by atoms with Crippen molar-refractivity contribution in [3.8, 4) is 5.75 Å². The van der Waals surface area contributed by atoms with Gasteiger partial charge in [-0.25, -0.2) is 4.79 Å². The number of ether oxygens (including phenoxy) is 2. The van der Waals surface area contributed by atoms with Crippen LogP contribution in [0.4, 0.5) is 0 Å².